The minimum atomic E-state index is -5.30. The van der Waals surface area contributed by atoms with E-state index in [1.807, 2.05) is 6.92 Å². The van der Waals surface area contributed by atoms with Crippen molar-refractivity contribution in [1.82, 2.24) is 14.5 Å². The Kier molecular flexibility index (Phi) is 8.12. The van der Waals surface area contributed by atoms with Crippen molar-refractivity contribution in [3.8, 4) is 0 Å². The third-order valence-electron chi connectivity index (χ3n) is 4.96. The Labute approximate surface area is 187 Å². The number of nitrogens with zero attached hydrogens (tertiary/aromatic N) is 2. The summed E-state index contributed by atoms with van der Waals surface area (Å²) in [7, 11) is -10.4. The molecule has 17 heteroatoms. The third-order valence-corrected chi connectivity index (χ3v) is 7.11. The van der Waals surface area contributed by atoms with Crippen LogP contribution in [0.4, 0.5) is 5.82 Å². The van der Waals surface area contributed by atoms with Gasteiger partial charge in [0.2, 0.25) is 0 Å². The van der Waals surface area contributed by atoms with Crippen LogP contribution in [0.1, 0.15) is 26.0 Å². The fraction of sp³-hybridized carbons (Fsp3) is 0.625. The van der Waals surface area contributed by atoms with Gasteiger partial charge >= 0.3 is 15.6 Å². The van der Waals surface area contributed by atoms with Gasteiger partial charge in [0.25, 0.3) is 5.56 Å². The maximum Gasteiger partial charge on any atom is 0.481 e. The largest absolute Gasteiger partial charge is 0.481 e. The van der Waals surface area contributed by atoms with Gasteiger partial charge in [-0.3, -0.25) is 9.32 Å². The van der Waals surface area contributed by atoms with Crippen LogP contribution in [0.3, 0.4) is 0 Å². The first-order valence-electron chi connectivity index (χ1n) is 9.92. The van der Waals surface area contributed by atoms with Crippen molar-refractivity contribution in [2.45, 2.75) is 38.2 Å². The number of aromatic nitrogens is 3. The number of imidazole rings is 1. The highest BCUT2D eigenvalue weighted by Gasteiger charge is 2.46. The van der Waals surface area contributed by atoms with Crippen LogP contribution in [0.5, 0.6) is 0 Å². The molecule has 15 nitrogen and oxygen atoms in total. The number of phosphoric ester groups is 1. The molecule has 0 aromatic carbocycles. The van der Waals surface area contributed by atoms with Crippen molar-refractivity contribution in [3.05, 3.63) is 22.7 Å². The summed E-state index contributed by atoms with van der Waals surface area (Å²) < 4.78 is 44.0. The summed E-state index contributed by atoms with van der Waals surface area (Å²) in [5.41, 5.74) is 5.51. The summed E-state index contributed by atoms with van der Waals surface area (Å²) in [5.74, 6) is -0.699. The van der Waals surface area contributed by atoms with E-state index in [2.05, 4.69) is 14.3 Å². The fourth-order valence-electron chi connectivity index (χ4n) is 3.45. The second kappa shape index (κ2) is 10.3. The maximum atomic E-state index is 12.1. The van der Waals surface area contributed by atoms with Gasteiger partial charge in [0.1, 0.15) is 11.9 Å². The number of aliphatic hydroxyl groups is 1. The molecular formula is C16H26N4O11P2. The predicted octanol–water partition coefficient (Wildman–Crippen LogP) is 0.224. The van der Waals surface area contributed by atoms with Crippen molar-refractivity contribution in [3.63, 3.8) is 0 Å². The van der Waals surface area contributed by atoms with Gasteiger partial charge in [-0.2, -0.15) is 4.31 Å². The number of nitrogens with one attached hydrogen (secondary N) is 1. The third kappa shape index (κ3) is 6.49. The average molecular weight is 512 g/mol. The molecule has 1 aliphatic rings. The van der Waals surface area contributed by atoms with Gasteiger partial charge in [-0.05, 0) is 6.42 Å². The van der Waals surface area contributed by atoms with Crippen LogP contribution in [0.2, 0.25) is 0 Å². The van der Waals surface area contributed by atoms with E-state index in [9.17, 15) is 23.9 Å². The van der Waals surface area contributed by atoms with E-state index < -0.39 is 52.2 Å². The monoisotopic (exact) mass is 512 g/mol. The molecule has 186 valence electrons. The van der Waals surface area contributed by atoms with Crippen LogP contribution < -0.4 is 11.3 Å². The number of H-pyrrole nitrogens is 1. The zero-order valence-corrected chi connectivity index (χ0v) is 19.3. The lowest BCUT2D eigenvalue weighted by molar-refractivity contribution is -0.0492. The molecule has 1 aliphatic heterocycles. The number of anilines is 1. The molecule has 3 rings (SSSR count). The van der Waals surface area contributed by atoms with E-state index >= 15 is 0 Å². The number of fused-ring (bicyclic) bond motifs is 1. The van der Waals surface area contributed by atoms with Gasteiger partial charge in [0.15, 0.2) is 11.7 Å². The number of rotatable bonds is 11. The van der Waals surface area contributed by atoms with Gasteiger partial charge in [0.05, 0.1) is 31.2 Å². The lowest BCUT2D eigenvalue weighted by Gasteiger charge is -2.21. The first-order valence-corrected chi connectivity index (χ1v) is 12.9. The van der Waals surface area contributed by atoms with Crippen molar-refractivity contribution >= 4 is 32.5 Å². The van der Waals surface area contributed by atoms with Crippen molar-refractivity contribution < 1.29 is 47.2 Å². The minimum absolute atomic E-state index is 0.00384. The topological polar surface area (TPSA) is 229 Å². The van der Waals surface area contributed by atoms with Crippen LogP contribution in [0.25, 0.3) is 11.0 Å². The molecule has 0 spiro atoms. The number of unbranched alkanes of at least 4 members (excludes halogenated alkanes) is 1. The Balaban J connectivity index is 1.83. The summed E-state index contributed by atoms with van der Waals surface area (Å²) in [6.45, 7) is 1.72. The highest BCUT2D eigenvalue weighted by atomic mass is 31.3. The molecule has 1 unspecified atom stereocenters. The molecular weight excluding hydrogens is 486 g/mol. The molecule has 5 atom stereocenters. The Morgan fingerprint density at radius 1 is 1.30 bits per heavy atom. The second-order valence-electron chi connectivity index (χ2n) is 7.42. The molecule has 0 bridgehead atoms. The smallest absolute Gasteiger partial charge is 0.388 e. The maximum absolute atomic E-state index is 12.1. The molecule has 0 amide bonds. The van der Waals surface area contributed by atoms with E-state index in [-0.39, 0.29) is 23.5 Å². The van der Waals surface area contributed by atoms with E-state index in [4.69, 9.17) is 29.5 Å². The highest BCUT2D eigenvalue weighted by molar-refractivity contribution is 7.60. The van der Waals surface area contributed by atoms with E-state index in [1.165, 1.54) is 17.0 Å². The van der Waals surface area contributed by atoms with Crippen molar-refractivity contribution in [2.24, 2.45) is 5.92 Å². The Morgan fingerprint density at radius 3 is 2.70 bits per heavy atom. The van der Waals surface area contributed by atoms with Crippen molar-refractivity contribution in [1.29, 1.82) is 0 Å². The first kappa shape index (κ1) is 26.0. The molecule has 7 N–H and O–H groups in total. The Bertz CT molecular complexity index is 1120. The van der Waals surface area contributed by atoms with E-state index in [0.717, 1.165) is 12.8 Å². The lowest BCUT2D eigenvalue weighted by atomic mass is 9.99. The standard InChI is InChI=1S/C16H26N4O11P2/c1-2-3-4-28-6-9-11(7-29-33(26,27)31-32(23,24)25)30-16(14(9)21)20-8-18-13-10(20)5-12(17)19-15(13)22/h5,8-9,11,14,16,21H,2-4,6-7H2,1H3,(H,26,27)(H3,17,19,22)(H2,23,24,25)/t9-,11-,14-,16-/m1/s1. The number of hydrogen-bond donors (Lipinski definition) is 6. The minimum Gasteiger partial charge on any atom is -0.388 e. The molecule has 2 aromatic rings. The van der Waals surface area contributed by atoms with Crippen LogP contribution >= 0.6 is 15.6 Å². The summed E-state index contributed by atoms with van der Waals surface area (Å²) in [6, 6.07) is 1.44. The van der Waals surface area contributed by atoms with Gasteiger partial charge in [-0.15, -0.1) is 0 Å². The number of phosphoric acid groups is 2. The number of pyridine rings is 1. The Hall–Kier alpha value is -1.64. The molecule has 0 radical (unpaired) electrons. The number of ether oxygens (including phenoxy) is 2. The normalized spacial score (nSPS) is 25.5. The van der Waals surface area contributed by atoms with E-state index in [0.29, 0.717) is 6.61 Å². The number of hydrogen-bond acceptors (Lipinski definition) is 10. The quantitative estimate of drug-likeness (QED) is 0.175. The zero-order chi connectivity index (χ0) is 24.4. The van der Waals surface area contributed by atoms with Crippen LogP contribution in [0.15, 0.2) is 17.2 Å². The van der Waals surface area contributed by atoms with E-state index in [1.54, 1.807) is 0 Å². The molecule has 33 heavy (non-hydrogen) atoms. The molecule has 3 heterocycles. The van der Waals surface area contributed by atoms with Gasteiger partial charge in [0, 0.05) is 18.6 Å². The summed E-state index contributed by atoms with van der Waals surface area (Å²) in [4.78, 5) is 45.6. The lowest BCUT2D eigenvalue weighted by Crippen LogP contribution is -2.32. The number of aromatic amines is 1. The molecule has 1 fully saturated rings. The SMILES string of the molecule is CCCCOC[C@H]1[C@@H](O)[C@H](n2cnc3c(=O)[nH]c(N)cc32)O[C@@H]1COP(=O)(O)OP(=O)(O)O. The van der Waals surface area contributed by atoms with Gasteiger partial charge in [-0.1, -0.05) is 13.3 Å². The number of nitrogens with two attached hydrogens (primary N) is 1. The fourth-order valence-corrected chi connectivity index (χ4v) is 5.05. The average Bonchev–Trinajstić information content (AvgIpc) is 3.23. The van der Waals surface area contributed by atoms with Gasteiger partial charge < -0.3 is 44.5 Å². The number of aliphatic hydroxyl groups excluding tert-OH is 1. The molecule has 2 aromatic heterocycles. The molecule has 0 aliphatic carbocycles. The summed E-state index contributed by atoms with van der Waals surface area (Å²) in [6.07, 6.45) is -0.430. The zero-order valence-electron chi connectivity index (χ0n) is 17.5. The first-order chi connectivity index (χ1) is 15.4. The summed E-state index contributed by atoms with van der Waals surface area (Å²) >= 11 is 0. The number of nitrogen functional groups attached to an aromatic ring is 1. The van der Waals surface area contributed by atoms with Crippen LogP contribution in [-0.2, 0) is 27.4 Å². The predicted molar refractivity (Wildman–Crippen MR) is 113 cm³/mol. The molecule has 0 saturated carbocycles. The summed E-state index contributed by atoms with van der Waals surface area (Å²) in [5, 5.41) is 10.9. The van der Waals surface area contributed by atoms with Crippen molar-refractivity contribution in [2.75, 3.05) is 25.6 Å². The Morgan fingerprint density at radius 2 is 2.03 bits per heavy atom. The second-order valence-corrected chi connectivity index (χ2v) is 10.3. The molecule has 1 saturated heterocycles. The van der Waals surface area contributed by atoms with Gasteiger partial charge in [-0.25, -0.2) is 14.1 Å². The van der Waals surface area contributed by atoms with Crippen LogP contribution in [0, 0.1) is 5.92 Å². The van der Waals surface area contributed by atoms with Crippen LogP contribution in [-0.4, -0.2) is 66.4 Å². The highest BCUT2D eigenvalue weighted by Crippen LogP contribution is 2.57.